The van der Waals surface area contributed by atoms with Crippen LogP contribution in [0.1, 0.15) is 23.9 Å². The molecule has 0 amide bonds. The molecule has 0 radical (unpaired) electrons. The number of aromatic nitrogens is 2. The minimum atomic E-state index is 0.448. The van der Waals surface area contributed by atoms with Crippen LogP contribution >= 0.6 is 15.9 Å². The van der Waals surface area contributed by atoms with Gasteiger partial charge in [-0.3, -0.25) is 0 Å². The summed E-state index contributed by atoms with van der Waals surface area (Å²) in [5.74, 6) is 0.734. The number of halogens is 1. The van der Waals surface area contributed by atoms with Gasteiger partial charge in [0.25, 0.3) is 0 Å². The highest BCUT2D eigenvalue weighted by Gasteiger charge is 2.12. The Kier molecular flexibility index (Phi) is 4.09. The van der Waals surface area contributed by atoms with Crippen molar-refractivity contribution in [2.45, 2.75) is 26.8 Å². The van der Waals surface area contributed by atoms with E-state index in [-0.39, 0.29) is 0 Å². The first-order chi connectivity index (χ1) is 8.67. The zero-order valence-electron chi connectivity index (χ0n) is 10.6. The third-order valence-corrected chi connectivity index (χ3v) is 3.65. The lowest BCUT2D eigenvalue weighted by Gasteiger charge is -2.11. The average Bonchev–Trinajstić information content (AvgIpc) is 2.38. The number of hydrogen-bond acceptors (Lipinski definition) is 3. The van der Waals surface area contributed by atoms with Gasteiger partial charge in [0.05, 0.1) is 5.69 Å². The van der Waals surface area contributed by atoms with E-state index < -0.39 is 0 Å². The van der Waals surface area contributed by atoms with Crippen molar-refractivity contribution < 1.29 is 0 Å². The predicted molar refractivity (Wildman–Crippen MR) is 77.2 cm³/mol. The molecule has 0 aliphatic heterocycles. The normalized spacial score (nSPS) is 10.7. The van der Waals surface area contributed by atoms with Gasteiger partial charge in [-0.05, 0) is 25.0 Å². The number of nitrogens with zero attached hydrogens (tertiary/aromatic N) is 2. The van der Waals surface area contributed by atoms with Crippen LogP contribution in [0, 0.1) is 6.92 Å². The van der Waals surface area contributed by atoms with Gasteiger partial charge in [0, 0.05) is 22.3 Å². The van der Waals surface area contributed by atoms with Gasteiger partial charge >= 0.3 is 0 Å². The van der Waals surface area contributed by atoms with Crippen molar-refractivity contribution in [2.24, 2.45) is 5.73 Å². The summed E-state index contributed by atoms with van der Waals surface area (Å²) >= 11 is 3.53. The molecular formula is C14H16BrN3. The Hall–Kier alpha value is -1.26. The van der Waals surface area contributed by atoms with Crippen LogP contribution in [0.3, 0.4) is 0 Å². The maximum atomic E-state index is 5.78. The van der Waals surface area contributed by atoms with E-state index in [1.807, 2.05) is 31.2 Å². The zero-order valence-corrected chi connectivity index (χ0v) is 12.2. The Balaban J connectivity index is 2.60. The Labute approximate surface area is 116 Å². The van der Waals surface area contributed by atoms with Crippen LogP contribution in [0.15, 0.2) is 28.7 Å². The lowest BCUT2D eigenvalue weighted by atomic mass is 10.1. The van der Waals surface area contributed by atoms with E-state index in [1.54, 1.807) is 0 Å². The van der Waals surface area contributed by atoms with Gasteiger partial charge in [-0.25, -0.2) is 9.97 Å². The molecule has 3 nitrogen and oxygen atoms in total. The van der Waals surface area contributed by atoms with Gasteiger partial charge in [0.15, 0.2) is 5.82 Å². The fourth-order valence-corrected chi connectivity index (χ4v) is 2.51. The molecule has 1 aromatic carbocycles. The van der Waals surface area contributed by atoms with Crippen LogP contribution in [0.4, 0.5) is 0 Å². The van der Waals surface area contributed by atoms with E-state index in [0.29, 0.717) is 6.54 Å². The molecule has 1 aromatic heterocycles. The van der Waals surface area contributed by atoms with Crippen LogP contribution in [-0.2, 0) is 13.0 Å². The quantitative estimate of drug-likeness (QED) is 0.947. The minimum absolute atomic E-state index is 0.448. The lowest BCUT2D eigenvalue weighted by Crippen LogP contribution is -2.09. The molecule has 0 unspecified atom stereocenters. The number of benzene rings is 1. The van der Waals surface area contributed by atoms with Gasteiger partial charge in [0.1, 0.15) is 0 Å². The summed E-state index contributed by atoms with van der Waals surface area (Å²) in [5.41, 5.74) is 9.89. The Morgan fingerprint density at radius 2 is 1.94 bits per heavy atom. The van der Waals surface area contributed by atoms with E-state index >= 15 is 0 Å². The topological polar surface area (TPSA) is 51.8 Å². The zero-order chi connectivity index (χ0) is 13.1. The largest absolute Gasteiger partial charge is 0.325 e. The molecule has 2 aromatic rings. The molecule has 0 fully saturated rings. The van der Waals surface area contributed by atoms with Gasteiger partial charge < -0.3 is 5.73 Å². The summed E-state index contributed by atoms with van der Waals surface area (Å²) < 4.78 is 0.997. The average molecular weight is 306 g/mol. The Bertz CT molecular complexity index is 567. The second-order valence-corrected chi connectivity index (χ2v) is 4.95. The summed E-state index contributed by atoms with van der Waals surface area (Å²) in [5, 5.41) is 0. The number of aryl methyl sites for hydroxylation is 1. The summed E-state index contributed by atoms with van der Waals surface area (Å²) in [6, 6.07) is 7.95. The van der Waals surface area contributed by atoms with Crippen molar-refractivity contribution in [3.05, 3.63) is 45.7 Å². The van der Waals surface area contributed by atoms with Crippen LogP contribution in [-0.4, -0.2) is 9.97 Å². The van der Waals surface area contributed by atoms with Crippen molar-refractivity contribution in [3.8, 4) is 11.4 Å². The summed E-state index contributed by atoms with van der Waals surface area (Å²) in [6.07, 6.45) is 0.911. The molecule has 0 saturated heterocycles. The SMILES string of the molecule is CCc1c(C)nc(-c2ccccc2Br)nc1CN. The van der Waals surface area contributed by atoms with E-state index in [2.05, 4.69) is 32.8 Å². The molecule has 0 aliphatic carbocycles. The molecule has 4 heteroatoms. The molecule has 18 heavy (non-hydrogen) atoms. The maximum absolute atomic E-state index is 5.78. The van der Waals surface area contributed by atoms with Crippen molar-refractivity contribution in [2.75, 3.05) is 0 Å². The van der Waals surface area contributed by atoms with Crippen LogP contribution in [0.25, 0.3) is 11.4 Å². The summed E-state index contributed by atoms with van der Waals surface area (Å²) in [6.45, 7) is 4.56. The first-order valence-electron chi connectivity index (χ1n) is 5.98. The first kappa shape index (κ1) is 13.2. The third kappa shape index (κ3) is 2.44. The second kappa shape index (κ2) is 5.59. The van der Waals surface area contributed by atoms with Crippen LogP contribution < -0.4 is 5.73 Å². The third-order valence-electron chi connectivity index (χ3n) is 2.96. The monoisotopic (exact) mass is 305 g/mol. The standard InChI is InChI=1S/C14H16BrN3/c1-3-10-9(2)17-14(18-13(10)8-16)11-6-4-5-7-12(11)15/h4-7H,3,8,16H2,1-2H3. The predicted octanol–water partition coefficient (Wildman–Crippen LogP) is 3.24. The molecule has 2 N–H and O–H groups in total. The number of hydrogen-bond donors (Lipinski definition) is 1. The van der Waals surface area contributed by atoms with Crippen LogP contribution in [0.2, 0.25) is 0 Å². The van der Waals surface area contributed by atoms with Gasteiger partial charge in [0.2, 0.25) is 0 Å². The van der Waals surface area contributed by atoms with Crippen molar-refractivity contribution in [1.29, 1.82) is 0 Å². The van der Waals surface area contributed by atoms with Gasteiger partial charge in [-0.1, -0.05) is 41.1 Å². The molecule has 1 heterocycles. The highest BCUT2D eigenvalue weighted by molar-refractivity contribution is 9.10. The lowest BCUT2D eigenvalue weighted by molar-refractivity contribution is 0.891. The summed E-state index contributed by atoms with van der Waals surface area (Å²) in [4.78, 5) is 9.17. The molecule has 0 bridgehead atoms. The number of nitrogens with two attached hydrogens (primary N) is 1. The number of rotatable bonds is 3. The second-order valence-electron chi connectivity index (χ2n) is 4.10. The fraction of sp³-hybridized carbons (Fsp3) is 0.286. The smallest absolute Gasteiger partial charge is 0.160 e. The molecular weight excluding hydrogens is 290 g/mol. The van der Waals surface area contributed by atoms with Crippen molar-refractivity contribution >= 4 is 15.9 Å². The molecule has 0 aliphatic rings. The van der Waals surface area contributed by atoms with E-state index in [0.717, 1.165) is 39.2 Å². The fourth-order valence-electron chi connectivity index (χ4n) is 2.05. The molecule has 0 atom stereocenters. The molecule has 0 spiro atoms. The highest BCUT2D eigenvalue weighted by Crippen LogP contribution is 2.26. The Morgan fingerprint density at radius 1 is 1.22 bits per heavy atom. The van der Waals surface area contributed by atoms with Crippen LogP contribution in [0.5, 0.6) is 0 Å². The minimum Gasteiger partial charge on any atom is -0.325 e. The first-order valence-corrected chi connectivity index (χ1v) is 6.78. The van der Waals surface area contributed by atoms with Crippen molar-refractivity contribution in [3.63, 3.8) is 0 Å². The molecule has 2 rings (SSSR count). The van der Waals surface area contributed by atoms with E-state index in [1.165, 1.54) is 0 Å². The summed E-state index contributed by atoms with van der Waals surface area (Å²) in [7, 11) is 0. The Morgan fingerprint density at radius 3 is 2.56 bits per heavy atom. The molecule has 0 saturated carbocycles. The van der Waals surface area contributed by atoms with Crippen molar-refractivity contribution in [1.82, 2.24) is 9.97 Å². The van der Waals surface area contributed by atoms with E-state index in [4.69, 9.17) is 5.73 Å². The highest BCUT2D eigenvalue weighted by atomic mass is 79.9. The molecule has 94 valence electrons. The van der Waals surface area contributed by atoms with Gasteiger partial charge in [-0.15, -0.1) is 0 Å². The van der Waals surface area contributed by atoms with Gasteiger partial charge in [-0.2, -0.15) is 0 Å². The van der Waals surface area contributed by atoms with E-state index in [9.17, 15) is 0 Å². The maximum Gasteiger partial charge on any atom is 0.160 e.